The van der Waals surface area contributed by atoms with Crippen LogP contribution in [0.3, 0.4) is 0 Å². The summed E-state index contributed by atoms with van der Waals surface area (Å²) in [7, 11) is -1.36. The van der Waals surface area contributed by atoms with Crippen molar-refractivity contribution in [2.24, 2.45) is 0 Å². The normalized spacial score (nSPS) is 17.3. The first-order valence-electron chi connectivity index (χ1n) is 10.5. The lowest BCUT2D eigenvalue weighted by atomic mass is 10.0. The van der Waals surface area contributed by atoms with Gasteiger partial charge in [0.2, 0.25) is 5.91 Å². The maximum absolute atomic E-state index is 12.9. The Morgan fingerprint density at radius 3 is 2.81 bits per heavy atom. The molecule has 1 aromatic heterocycles. The highest BCUT2D eigenvalue weighted by atomic mass is 32.2. The van der Waals surface area contributed by atoms with Gasteiger partial charge in [-0.1, -0.05) is 49.4 Å². The van der Waals surface area contributed by atoms with Crippen molar-refractivity contribution >= 4 is 28.0 Å². The highest BCUT2D eigenvalue weighted by Gasteiger charge is 2.27. The highest BCUT2D eigenvalue weighted by molar-refractivity contribution is 7.85. The number of benzene rings is 2. The summed E-state index contributed by atoms with van der Waals surface area (Å²) in [5.74, 6) is 0.864. The monoisotopic (exact) mass is 454 g/mol. The molecule has 0 bridgehead atoms. The second-order valence-electron chi connectivity index (χ2n) is 7.60. The third-order valence-corrected chi connectivity index (χ3v) is 8.01. The van der Waals surface area contributed by atoms with Crippen LogP contribution in [-0.4, -0.2) is 27.0 Å². The fourth-order valence-electron chi connectivity index (χ4n) is 3.56. The van der Waals surface area contributed by atoms with E-state index in [2.05, 4.69) is 41.5 Å². The zero-order valence-corrected chi connectivity index (χ0v) is 19.3. The molecule has 1 N–H and O–H groups in total. The Morgan fingerprint density at radius 2 is 2.03 bits per heavy atom. The van der Waals surface area contributed by atoms with Crippen LogP contribution >= 0.6 is 11.3 Å². The van der Waals surface area contributed by atoms with Gasteiger partial charge in [0.15, 0.2) is 0 Å². The minimum absolute atomic E-state index is 0.117. The SMILES string of the molecule is CCc1ccc(-c2nc(CS(=O)C(C)C(=O)NC3CCOc4ccccc43)cs2)cc1. The van der Waals surface area contributed by atoms with E-state index in [0.717, 1.165) is 34.0 Å². The lowest BCUT2D eigenvalue weighted by molar-refractivity contribution is -0.121. The summed E-state index contributed by atoms with van der Waals surface area (Å²) in [5, 5.41) is 5.27. The molecule has 0 spiro atoms. The molecule has 1 aliphatic rings. The van der Waals surface area contributed by atoms with Gasteiger partial charge < -0.3 is 10.1 Å². The summed E-state index contributed by atoms with van der Waals surface area (Å²) in [6.07, 6.45) is 1.70. The Balaban J connectivity index is 1.37. The van der Waals surface area contributed by atoms with Crippen molar-refractivity contribution in [3.8, 4) is 16.3 Å². The summed E-state index contributed by atoms with van der Waals surface area (Å²) in [6.45, 7) is 4.40. The lowest BCUT2D eigenvalue weighted by Crippen LogP contribution is -2.39. The molecular weight excluding hydrogens is 428 g/mol. The predicted molar refractivity (Wildman–Crippen MR) is 126 cm³/mol. The number of ether oxygens (including phenoxy) is 1. The van der Waals surface area contributed by atoms with E-state index in [4.69, 9.17) is 4.74 Å². The first-order chi connectivity index (χ1) is 15.0. The second-order valence-corrected chi connectivity index (χ2v) is 10.2. The van der Waals surface area contributed by atoms with Crippen LogP contribution < -0.4 is 10.1 Å². The number of carbonyl (C=O) groups excluding carboxylic acids is 1. The fraction of sp³-hybridized carbons (Fsp3) is 0.333. The van der Waals surface area contributed by atoms with Gasteiger partial charge in [0.1, 0.15) is 16.0 Å². The molecule has 0 saturated carbocycles. The van der Waals surface area contributed by atoms with Crippen LogP contribution in [0.1, 0.15) is 43.1 Å². The maximum Gasteiger partial charge on any atom is 0.235 e. The number of rotatable bonds is 7. The van der Waals surface area contributed by atoms with Gasteiger partial charge in [0, 0.05) is 33.7 Å². The Labute approximate surface area is 189 Å². The number of fused-ring (bicyclic) bond motifs is 1. The molecule has 0 fully saturated rings. The van der Waals surface area contributed by atoms with Gasteiger partial charge in [0.05, 0.1) is 24.1 Å². The molecule has 31 heavy (non-hydrogen) atoms. The molecule has 162 valence electrons. The van der Waals surface area contributed by atoms with Crippen molar-refractivity contribution in [1.82, 2.24) is 10.3 Å². The maximum atomic E-state index is 12.9. The first kappa shape index (κ1) is 21.7. The summed E-state index contributed by atoms with van der Waals surface area (Å²) in [5.41, 5.74) is 4.07. The largest absolute Gasteiger partial charge is 0.493 e. The molecule has 3 unspecified atom stereocenters. The Bertz CT molecular complexity index is 1080. The number of hydrogen-bond donors (Lipinski definition) is 1. The van der Waals surface area contributed by atoms with Crippen LogP contribution in [0.4, 0.5) is 0 Å². The van der Waals surface area contributed by atoms with Crippen LogP contribution in [0.25, 0.3) is 10.6 Å². The van der Waals surface area contributed by atoms with Crippen molar-refractivity contribution in [3.05, 3.63) is 70.7 Å². The molecule has 0 radical (unpaired) electrons. The van der Waals surface area contributed by atoms with Gasteiger partial charge in [-0.2, -0.15) is 0 Å². The minimum Gasteiger partial charge on any atom is -0.493 e. The molecule has 4 rings (SSSR count). The number of amides is 1. The molecule has 5 nitrogen and oxygen atoms in total. The third-order valence-electron chi connectivity index (χ3n) is 5.49. The average Bonchev–Trinajstić information content (AvgIpc) is 3.27. The summed E-state index contributed by atoms with van der Waals surface area (Å²) < 4.78 is 18.5. The summed E-state index contributed by atoms with van der Waals surface area (Å²) in [6, 6.07) is 16.0. The van der Waals surface area contributed by atoms with Crippen molar-refractivity contribution in [2.75, 3.05) is 6.61 Å². The number of para-hydroxylation sites is 1. The minimum atomic E-state index is -1.36. The van der Waals surface area contributed by atoms with Gasteiger partial charge in [-0.3, -0.25) is 9.00 Å². The molecule has 1 amide bonds. The molecule has 3 atom stereocenters. The molecule has 0 aliphatic carbocycles. The van der Waals surface area contributed by atoms with Gasteiger partial charge >= 0.3 is 0 Å². The van der Waals surface area contributed by atoms with Crippen LogP contribution in [0, 0.1) is 0 Å². The zero-order valence-electron chi connectivity index (χ0n) is 17.7. The van der Waals surface area contributed by atoms with Crippen LogP contribution in [0.2, 0.25) is 0 Å². The third kappa shape index (κ3) is 5.05. The number of hydrogen-bond acceptors (Lipinski definition) is 5. The number of aryl methyl sites for hydroxylation is 1. The highest BCUT2D eigenvalue weighted by Crippen LogP contribution is 2.31. The molecule has 2 aromatic carbocycles. The molecular formula is C24H26N2O3S2. The average molecular weight is 455 g/mol. The molecule has 0 saturated heterocycles. The summed E-state index contributed by atoms with van der Waals surface area (Å²) >= 11 is 1.54. The van der Waals surface area contributed by atoms with Crippen LogP contribution in [0.15, 0.2) is 53.9 Å². The first-order valence-corrected chi connectivity index (χ1v) is 12.7. The van der Waals surface area contributed by atoms with Crippen molar-refractivity contribution in [1.29, 1.82) is 0 Å². The van der Waals surface area contributed by atoms with E-state index < -0.39 is 16.0 Å². The van der Waals surface area contributed by atoms with E-state index >= 15 is 0 Å². The topological polar surface area (TPSA) is 68.3 Å². The predicted octanol–water partition coefficient (Wildman–Crippen LogP) is 4.65. The fourth-order valence-corrected chi connectivity index (χ4v) is 5.49. The van der Waals surface area contributed by atoms with Crippen LogP contribution in [-0.2, 0) is 27.8 Å². The number of nitrogens with zero attached hydrogens (tertiary/aromatic N) is 1. The number of carbonyl (C=O) groups is 1. The molecule has 3 aromatic rings. The van der Waals surface area contributed by atoms with Gasteiger partial charge in [-0.25, -0.2) is 4.98 Å². The van der Waals surface area contributed by atoms with E-state index in [9.17, 15) is 9.00 Å². The quantitative estimate of drug-likeness (QED) is 0.564. The van der Waals surface area contributed by atoms with Crippen LogP contribution in [0.5, 0.6) is 5.75 Å². The van der Waals surface area contributed by atoms with Gasteiger partial charge in [0.25, 0.3) is 0 Å². The van der Waals surface area contributed by atoms with E-state index in [1.807, 2.05) is 29.6 Å². The standard InChI is InChI=1S/C24H26N2O3S2/c1-3-17-8-10-18(11-9-17)24-25-19(14-30-24)15-31(28)16(2)23(27)26-21-12-13-29-22-7-5-4-6-20(21)22/h4-11,14,16,21H,3,12-13,15H2,1-2H3,(H,26,27). The second kappa shape index (κ2) is 9.75. The molecule has 7 heteroatoms. The van der Waals surface area contributed by atoms with E-state index in [1.54, 1.807) is 6.92 Å². The Morgan fingerprint density at radius 1 is 1.26 bits per heavy atom. The summed E-state index contributed by atoms with van der Waals surface area (Å²) in [4.78, 5) is 17.4. The smallest absolute Gasteiger partial charge is 0.235 e. The number of thiazole rings is 1. The van der Waals surface area contributed by atoms with Gasteiger partial charge in [-0.15, -0.1) is 11.3 Å². The molecule has 2 heterocycles. The Hall–Kier alpha value is -2.51. The molecule has 1 aliphatic heterocycles. The van der Waals surface area contributed by atoms with Crippen molar-refractivity contribution < 1.29 is 13.7 Å². The lowest BCUT2D eigenvalue weighted by Gasteiger charge is -2.27. The number of nitrogens with one attached hydrogen (secondary N) is 1. The van der Waals surface area contributed by atoms with Crippen molar-refractivity contribution in [3.63, 3.8) is 0 Å². The van der Waals surface area contributed by atoms with E-state index in [0.29, 0.717) is 13.0 Å². The van der Waals surface area contributed by atoms with E-state index in [-0.39, 0.29) is 17.7 Å². The Kier molecular flexibility index (Phi) is 6.83. The number of aromatic nitrogens is 1. The van der Waals surface area contributed by atoms with Gasteiger partial charge in [-0.05, 0) is 25.0 Å². The zero-order chi connectivity index (χ0) is 21.8. The van der Waals surface area contributed by atoms with E-state index in [1.165, 1.54) is 16.9 Å². The van der Waals surface area contributed by atoms with Crippen molar-refractivity contribution in [2.45, 2.75) is 43.7 Å².